The summed E-state index contributed by atoms with van der Waals surface area (Å²) < 4.78 is 0. The van der Waals surface area contributed by atoms with E-state index in [0.717, 1.165) is 5.56 Å². The van der Waals surface area contributed by atoms with E-state index in [9.17, 15) is 9.90 Å². The normalized spacial score (nSPS) is 10.2. The van der Waals surface area contributed by atoms with Crippen molar-refractivity contribution in [2.24, 2.45) is 0 Å². The van der Waals surface area contributed by atoms with Crippen molar-refractivity contribution in [3.05, 3.63) is 58.6 Å². The Balaban J connectivity index is 2.15. The predicted molar refractivity (Wildman–Crippen MR) is 77.1 cm³/mol. The van der Waals surface area contributed by atoms with Crippen LogP contribution < -0.4 is 5.32 Å². The fourth-order valence-electron chi connectivity index (χ4n) is 1.57. The van der Waals surface area contributed by atoms with Crippen LogP contribution in [0.15, 0.2) is 42.5 Å². The quantitative estimate of drug-likeness (QED) is 0.840. The lowest BCUT2D eigenvalue weighted by molar-refractivity contribution is 0.102. The van der Waals surface area contributed by atoms with Gasteiger partial charge in [0.05, 0.1) is 5.56 Å². The monoisotopic (exact) mass is 295 g/mol. The molecular formula is C14H11Cl2NO2. The molecule has 0 aromatic heterocycles. The summed E-state index contributed by atoms with van der Waals surface area (Å²) >= 11 is 11.4. The van der Waals surface area contributed by atoms with Gasteiger partial charge in [0, 0.05) is 16.6 Å². The number of carbonyl (C=O) groups excluding carboxylic acids is 1. The van der Waals surface area contributed by atoms with Gasteiger partial charge in [0.15, 0.2) is 0 Å². The Hall–Kier alpha value is -1.71. The molecule has 2 aromatic carbocycles. The zero-order valence-electron chi connectivity index (χ0n) is 9.86. The number of phenols is 1. The summed E-state index contributed by atoms with van der Waals surface area (Å²) in [6.07, 6.45) is 0. The average molecular weight is 296 g/mol. The van der Waals surface area contributed by atoms with Crippen molar-refractivity contribution in [2.45, 2.75) is 5.88 Å². The molecule has 98 valence electrons. The first-order valence-electron chi connectivity index (χ1n) is 5.55. The molecule has 0 unspecified atom stereocenters. The molecule has 0 aliphatic rings. The summed E-state index contributed by atoms with van der Waals surface area (Å²) in [7, 11) is 0. The number of alkyl halides is 1. The highest BCUT2D eigenvalue weighted by molar-refractivity contribution is 6.31. The van der Waals surface area contributed by atoms with Gasteiger partial charge >= 0.3 is 0 Å². The van der Waals surface area contributed by atoms with E-state index >= 15 is 0 Å². The van der Waals surface area contributed by atoms with Crippen LogP contribution in [0, 0.1) is 0 Å². The van der Waals surface area contributed by atoms with Crippen LogP contribution in [0.5, 0.6) is 5.75 Å². The summed E-state index contributed by atoms with van der Waals surface area (Å²) in [5.74, 6) is -0.123. The first-order chi connectivity index (χ1) is 9.10. The number of anilines is 1. The molecule has 0 saturated carbocycles. The molecule has 19 heavy (non-hydrogen) atoms. The van der Waals surface area contributed by atoms with Gasteiger partial charge in [0.25, 0.3) is 5.91 Å². The summed E-state index contributed by atoms with van der Waals surface area (Å²) in [5.41, 5.74) is 1.77. The van der Waals surface area contributed by atoms with Gasteiger partial charge in [-0.3, -0.25) is 4.79 Å². The second kappa shape index (κ2) is 5.95. The number of aromatic hydroxyl groups is 1. The summed E-state index contributed by atoms with van der Waals surface area (Å²) in [5, 5.41) is 12.7. The van der Waals surface area contributed by atoms with Crippen LogP contribution in [0.25, 0.3) is 0 Å². The van der Waals surface area contributed by atoms with Gasteiger partial charge in [-0.05, 0) is 35.9 Å². The number of hydrogen-bond acceptors (Lipinski definition) is 2. The van der Waals surface area contributed by atoms with E-state index in [1.807, 2.05) is 12.1 Å². The summed E-state index contributed by atoms with van der Waals surface area (Å²) in [6, 6.07) is 11.5. The standard InChI is InChI=1S/C14H11Cl2NO2/c15-8-9-1-4-11(5-2-9)17-14(19)12-6-3-10(16)7-13(12)18/h1-7,18H,8H2,(H,17,19). The molecule has 0 heterocycles. The Labute approximate surface area is 120 Å². The smallest absolute Gasteiger partial charge is 0.259 e. The maximum absolute atomic E-state index is 12.0. The van der Waals surface area contributed by atoms with Crippen molar-refractivity contribution < 1.29 is 9.90 Å². The number of benzene rings is 2. The molecule has 3 nitrogen and oxygen atoms in total. The molecule has 0 atom stereocenters. The largest absolute Gasteiger partial charge is 0.507 e. The van der Waals surface area contributed by atoms with E-state index < -0.39 is 5.91 Å². The van der Waals surface area contributed by atoms with Crippen LogP contribution >= 0.6 is 23.2 Å². The zero-order chi connectivity index (χ0) is 13.8. The van der Waals surface area contributed by atoms with Gasteiger partial charge in [-0.15, -0.1) is 11.6 Å². The molecule has 0 aliphatic carbocycles. The van der Waals surface area contributed by atoms with Crippen molar-refractivity contribution in [1.29, 1.82) is 0 Å². The highest BCUT2D eigenvalue weighted by atomic mass is 35.5. The third-order valence-corrected chi connectivity index (χ3v) is 3.11. The Bertz CT molecular complexity index is 597. The Morgan fingerprint density at radius 3 is 2.42 bits per heavy atom. The lowest BCUT2D eigenvalue weighted by Crippen LogP contribution is -2.11. The van der Waals surface area contributed by atoms with Crippen molar-refractivity contribution in [3.8, 4) is 5.75 Å². The summed E-state index contributed by atoms with van der Waals surface area (Å²) in [4.78, 5) is 12.0. The number of nitrogens with one attached hydrogen (secondary N) is 1. The predicted octanol–water partition coefficient (Wildman–Crippen LogP) is 4.04. The highest BCUT2D eigenvalue weighted by Gasteiger charge is 2.11. The van der Waals surface area contributed by atoms with E-state index in [0.29, 0.717) is 16.6 Å². The Morgan fingerprint density at radius 2 is 1.84 bits per heavy atom. The van der Waals surface area contributed by atoms with Gasteiger partial charge in [0.2, 0.25) is 0 Å². The van der Waals surface area contributed by atoms with Crippen LogP contribution in [0.3, 0.4) is 0 Å². The van der Waals surface area contributed by atoms with Gasteiger partial charge in [-0.2, -0.15) is 0 Å². The fraction of sp³-hybridized carbons (Fsp3) is 0.0714. The number of halogens is 2. The molecule has 2 aromatic rings. The van der Waals surface area contributed by atoms with Crippen LogP contribution in [0.1, 0.15) is 15.9 Å². The third-order valence-electron chi connectivity index (χ3n) is 2.57. The molecule has 0 saturated heterocycles. The number of carbonyl (C=O) groups is 1. The van der Waals surface area contributed by atoms with Crippen LogP contribution in [0.4, 0.5) is 5.69 Å². The highest BCUT2D eigenvalue weighted by Crippen LogP contribution is 2.23. The fourth-order valence-corrected chi connectivity index (χ4v) is 1.92. The number of phenolic OH excluding ortho intramolecular Hbond substituents is 1. The lowest BCUT2D eigenvalue weighted by atomic mass is 10.1. The molecule has 0 fully saturated rings. The zero-order valence-corrected chi connectivity index (χ0v) is 11.4. The maximum atomic E-state index is 12.0. The van der Waals surface area contributed by atoms with Crippen LogP contribution in [-0.4, -0.2) is 11.0 Å². The first kappa shape index (κ1) is 13.7. The second-order valence-electron chi connectivity index (χ2n) is 3.95. The minimum atomic E-state index is -0.396. The topological polar surface area (TPSA) is 49.3 Å². The molecule has 0 bridgehead atoms. The average Bonchev–Trinajstić information content (AvgIpc) is 2.39. The SMILES string of the molecule is O=C(Nc1ccc(CCl)cc1)c1ccc(Cl)cc1O. The number of amides is 1. The molecular weight excluding hydrogens is 285 g/mol. The third kappa shape index (κ3) is 3.40. The molecule has 2 N–H and O–H groups in total. The molecule has 1 amide bonds. The van der Waals surface area contributed by atoms with E-state index in [1.165, 1.54) is 12.1 Å². The van der Waals surface area contributed by atoms with E-state index in [1.54, 1.807) is 18.2 Å². The van der Waals surface area contributed by atoms with E-state index in [2.05, 4.69) is 5.32 Å². The first-order valence-corrected chi connectivity index (χ1v) is 6.46. The minimum absolute atomic E-state index is 0.151. The van der Waals surface area contributed by atoms with Crippen molar-refractivity contribution in [1.82, 2.24) is 0 Å². The maximum Gasteiger partial charge on any atom is 0.259 e. The molecule has 0 radical (unpaired) electrons. The van der Waals surface area contributed by atoms with E-state index in [4.69, 9.17) is 23.2 Å². The van der Waals surface area contributed by atoms with Crippen molar-refractivity contribution in [3.63, 3.8) is 0 Å². The summed E-state index contributed by atoms with van der Waals surface area (Å²) in [6.45, 7) is 0. The second-order valence-corrected chi connectivity index (χ2v) is 4.65. The number of hydrogen-bond donors (Lipinski definition) is 2. The molecule has 5 heteroatoms. The molecule has 0 aliphatic heterocycles. The molecule has 2 rings (SSSR count). The molecule has 0 spiro atoms. The van der Waals surface area contributed by atoms with Gasteiger partial charge < -0.3 is 10.4 Å². The number of rotatable bonds is 3. The van der Waals surface area contributed by atoms with E-state index in [-0.39, 0.29) is 11.3 Å². The Kier molecular flexibility index (Phi) is 4.30. The van der Waals surface area contributed by atoms with Crippen LogP contribution in [0.2, 0.25) is 5.02 Å². The lowest BCUT2D eigenvalue weighted by Gasteiger charge is -2.07. The van der Waals surface area contributed by atoms with Crippen LogP contribution in [-0.2, 0) is 5.88 Å². The Morgan fingerprint density at radius 1 is 1.16 bits per heavy atom. The van der Waals surface area contributed by atoms with Crippen molar-refractivity contribution in [2.75, 3.05) is 5.32 Å². The minimum Gasteiger partial charge on any atom is -0.507 e. The van der Waals surface area contributed by atoms with Gasteiger partial charge in [0.1, 0.15) is 5.75 Å². The van der Waals surface area contributed by atoms with Crippen molar-refractivity contribution >= 4 is 34.8 Å². The van der Waals surface area contributed by atoms with Gasteiger partial charge in [-0.1, -0.05) is 23.7 Å². The van der Waals surface area contributed by atoms with Gasteiger partial charge in [-0.25, -0.2) is 0 Å².